The van der Waals surface area contributed by atoms with Crippen molar-refractivity contribution in [2.75, 3.05) is 0 Å². The van der Waals surface area contributed by atoms with E-state index in [1.165, 1.54) is 38.5 Å². The molecule has 9 atom stereocenters. The maximum Gasteiger partial charge on any atom is 0.0113 e. The Hall–Kier alpha value is 0.730. The van der Waals surface area contributed by atoms with Crippen LogP contribution < -0.4 is 0 Å². The summed E-state index contributed by atoms with van der Waals surface area (Å²) in [5, 5.41) is 0. The molecule has 0 bridgehead atoms. The largest absolute Gasteiger partial charge is 0.0826 e. The molecule has 9 unspecified atom stereocenters. The van der Waals surface area contributed by atoms with Gasteiger partial charge in [-0.3, -0.25) is 0 Å². The topological polar surface area (TPSA) is 0 Å². The first-order chi connectivity index (χ1) is 13.3. The van der Waals surface area contributed by atoms with Crippen molar-refractivity contribution in [3.8, 4) is 0 Å². The van der Waals surface area contributed by atoms with Crippen molar-refractivity contribution in [3.05, 3.63) is 0 Å². The van der Waals surface area contributed by atoms with E-state index in [1.807, 2.05) is 0 Å². The smallest absolute Gasteiger partial charge is 0.0113 e. The SMILES string of the molecule is CC(C)CCCC(C)C1CCC2C3CCC4CC(I)CCC4(C)C3CCC12C. The van der Waals surface area contributed by atoms with E-state index in [9.17, 15) is 0 Å². The lowest BCUT2D eigenvalue weighted by atomic mass is 9.44. The molecule has 0 nitrogen and oxygen atoms in total. The summed E-state index contributed by atoms with van der Waals surface area (Å²) in [6, 6.07) is 0. The van der Waals surface area contributed by atoms with Gasteiger partial charge in [-0.1, -0.05) is 76.5 Å². The fraction of sp³-hybridized carbons (Fsp3) is 1.00. The van der Waals surface area contributed by atoms with Gasteiger partial charge in [0, 0.05) is 3.92 Å². The van der Waals surface area contributed by atoms with Gasteiger partial charge in [-0.05, 0) is 110 Å². The number of hydrogen-bond donors (Lipinski definition) is 0. The Labute approximate surface area is 189 Å². The number of alkyl halides is 1. The highest BCUT2D eigenvalue weighted by Crippen LogP contribution is 2.68. The predicted molar refractivity (Wildman–Crippen MR) is 131 cm³/mol. The molecule has 0 spiro atoms. The maximum absolute atomic E-state index is 2.75. The van der Waals surface area contributed by atoms with Crippen molar-refractivity contribution < 1.29 is 0 Å². The van der Waals surface area contributed by atoms with Crippen molar-refractivity contribution in [3.63, 3.8) is 0 Å². The highest BCUT2D eigenvalue weighted by Gasteiger charge is 2.60. The Morgan fingerprint density at radius 1 is 0.821 bits per heavy atom. The molecule has 4 aliphatic carbocycles. The van der Waals surface area contributed by atoms with E-state index in [2.05, 4.69) is 57.2 Å². The Bertz CT molecular complexity index is 540. The normalized spacial score (nSPS) is 49.4. The fourth-order valence-electron chi connectivity index (χ4n) is 9.23. The molecule has 4 rings (SSSR count). The average Bonchev–Trinajstić information content (AvgIpc) is 2.99. The zero-order chi connectivity index (χ0) is 20.1. The summed E-state index contributed by atoms with van der Waals surface area (Å²) in [7, 11) is 0. The van der Waals surface area contributed by atoms with Gasteiger partial charge in [0.05, 0.1) is 0 Å². The van der Waals surface area contributed by atoms with E-state index in [-0.39, 0.29) is 0 Å². The van der Waals surface area contributed by atoms with Crippen LogP contribution in [0.5, 0.6) is 0 Å². The summed E-state index contributed by atoms with van der Waals surface area (Å²) >= 11 is 2.75. The van der Waals surface area contributed by atoms with E-state index in [0.717, 1.165) is 45.3 Å². The summed E-state index contributed by atoms with van der Waals surface area (Å²) < 4.78 is 0.962. The van der Waals surface area contributed by atoms with Crippen LogP contribution in [0.4, 0.5) is 0 Å². The molecule has 4 aliphatic rings. The molecule has 0 saturated heterocycles. The van der Waals surface area contributed by atoms with Crippen LogP contribution in [0.2, 0.25) is 0 Å². The molecule has 0 N–H and O–H groups in total. The van der Waals surface area contributed by atoms with Gasteiger partial charge in [0.2, 0.25) is 0 Å². The zero-order valence-corrected chi connectivity index (χ0v) is 21.6. The average molecular weight is 499 g/mol. The van der Waals surface area contributed by atoms with Gasteiger partial charge in [-0.25, -0.2) is 0 Å². The number of hydrogen-bond acceptors (Lipinski definition) is 0. The van der Waals surface area contributed by atoms with Crippen molar-refractivity contribution >= 4 is 22.6 Å². The molecule has 162 valence electrons. The third kappa shape index (κ3) is 3.75. The van der Waals surface area contributed by atoms with Crippen molar-refractivity contribution in [2.24, 2.45) is 52.3 Å². The maximum atomic E-state index is 2.75. The van der Waals surface area contributed by atoms with Gasteiger partial charge in [0.15, 0.2) is 0 Å². The van der Waals surface area contributed by atoms with Gasteiger partial charge >= 0.3 is 0 Å². The van der Waals surface area contributed by atoms with Crippen LogP contribution in [0, 0.1) is 52.3 Å². The summed E-state index contributed by atoms with van der Waals surface area (Å²) in [5.74, 6) is 7.07. The molecule has 0 aromatic carbocycles. The zero-order valence-electron chi connectivity index (χ0n) is 19.5. The number of rotatable bonds is 5. The van der Waals surface area contributed by atoms with E-state index in [4.69, 9.17) is 0 Å². The Balaban J connectivity index is 1.46. The molecule has 28 heavy (non-hydrogen) atoms. The van der Waals surface area contributed by atoms with Crippen LogP contribution in [0.25, 0.3) is 0 Å². The highest BCUT2D eigenvalue weighted by molar-refractivity contribution is 14.1. The van der Waals surface area contributed by atoms with Crippen molar-refractivity contribution in [2.45, 2.75) is 116 Å². The summed E-state index contributed by atoms with van der Waals surface area (Å²) in [6.07, 6.45) is 18.3. The quantitative estimate of drug-likeness (QED) is 0.262. The first kappa shape index (κ1) is 21.9. The number of fused-ring (bicyclic) bond motifs is 5. The molecular weight excluding hydrogens is 451 g/mol. The van der Waals surface area contributed by atoms with Crippen LogP contribution >= 0.6 is 22.6 Å². The van der Waals surface area contributed by atoms with Gasteiger partial charge in [-0.2, -0.15) is 0 Å². The highest BCUT2D eigenvalue weighted by atomic mass is 127. The number of halogens is 1. The van der Waals surface area contributed by atoms with Gasteiger partial charge in [0.1, 0.15) is 0 Å². The molecule has 0 aromatic rings. The minimum absolute atomic E-state index is 0.669. The minimum atomic E-state index is 0.669. The van der Waals surface area contributed by atoms with Gasteiger partial charge < -0.3 is 0 Å². The molecule has 4 saturated carbocycles. The van der Waals surface area contributed by atoms with Crippen LogP contribution in [0.1, 0.15) is 112 Å². The minimum Gasteiger partial charge on any atom is -0.0826 e. The first-order valence-corrected chi connectivity index (χ1v) is 14.1. The van der Waals surface area contributed by atoms with Crippen LogP contribution in [0.3, 0.4) is 0 Å². The second-order valence-electron chi connectivity index (χ2n) is 12.6. The van der Waals surface area contributed by atoms with Crippen LogP contribution in [-0.4, -0.2) is 3.92 Å². The molecule has 0 aromatic heterocycles. The molecular formula is C27H47I. The van der Waals surface area contributed by atoms with Crippen LogP contribution in [-0.2, 0) is 0 Å². The summed E-state index contributed by atoms with van der Waals surface area (Å²) in [5.41, 5.74) is 1.36. The molecule has 0 amide bonds. The standard InChI is InChI=1S/C27H47I/c1-18(2)7-6-8-19(3)23-11-12-24-22-10-9-20-17-21(28)13-15-26(20,4)25(22)14-16-27(23,24)5/h18-25H,6-17H2,1-5H3. The summed E-state index contributed by atoms with van der Waals surface area (Å²) in [4.78, 5) is 0. The predicted octanol–water partition coefficient (Wildman–Crippen LogP) is 8.91. The lowest BCUT2D eigenvalue weighted by Gasteiger charge is -2.61. The third-order valence-corrected chi connectivity index (χ3v) is 11.9. The van der Waals surface area contributed by atoms with Crippen molar-refractivity contribution in [1.29, 1.82) is 0 Å². The Morgan fingerprint density at radius 2 is 1.54 bits per heavy atom. The Kier molecular flexibility index (Phi) is 6.54. The lowest BCUT2D eigenvalue weighted by molar-refractivity contribution is -0.113. The molecule has 0 heterocycles. The van der Waals surface area contributed by atoms with Gasteiger partial charge in [0.25, 0.3) is 0 Å². The molecule has 0 aliphatic heterocycles. The first-order valence-electron chi connectivity index (χ1n) is 12.9. The third-order valence-electron chi connectivity index (χ3n) is 10.8. The monoisotopic (exact) mass is 498 g/mol. The van der Waals surface area contributed by atoms with E-state index in [1.54, 1.807) is 38.5 Å². The van der Waals surface area contributed by atoms with Gasteiger partial charge in [-0.15, -0.1) is 0 Å². The molecule has 4 fully saturated rings. The van der Waals surface area contributed by atoms with E-state index < -0.39 is 0 Å². The van der Waals surface area contributed by atoms with E-state index >= 15 is 0 Å². The van der Waals surface area contributed by atoms with E-state index in [0.29, 0.717) is 10.8 Å². The fourth-order valence-corrected chi connectivity index (χ4v) is 10.2. The second kappa shape index (κ2) is 8.34. The lowest BCUT2D eigenvalue weighted by Crippen LogP contribution is -2.53. The Morgan fingerprint density at radius 3 is 2.29 bits per heavy atom. The van der Waals surface area contributed by atoms with Crippen LogP contribution in [0.15, 0.2) is 0 Å². The summed E-state index contributed by atoms with van der Waals surface area (Å²) in [6.45, 7) is 12.9. The second-order valence-corrected chi connectivity index (χ2v) is 14.3. The molecule has 1 heteroatoms. The molecule has 0 radical (unpaired) electrons. The van der Waals surface area contributed by atoms with Crippen molar-refractivity contribution in [1.82, 2.24) is 0 Å².